The van der Waals surface area contributed by atoms with Gasteiger partial charge in [0.05, 0.1) is 19.3 Å². The van der Waals surface area contributed by atoms with Gasteiger partial charge in [-0.05, 0) is 6.42 Å². The summed E-state index contributed by atoms with van der Waals surface area (Å²) in [5, 5.41) is 30.3. The number of nitrogens with one attached hydrogen (secondary N) is 1. The van der Waals surface area contributed by atoms with E-state index >= 15 is 0 Å². The molecule has 0 aromatic carbocycles. The number of rotatable bonds is 20. The maximum Gasteiger partial charge on any atom is 0.220 e. The minimum absolute atomic E-state index is 0.00909. The molecular weight excluding hydrogens is 344 g/mol. The van der Waals surface area contributed by atoms with E-state index in [1.807, 2.05) is 4.90 Å². The van der Waals surface area contributed by atoms with Crippen molar-refractivity contribution < 1.29 is 20.1 Å². The van der Waals surface area contributed by atoms with E-state index in [0.717, 1.165) is 12.8 Å². The number of hydrogen-bond donors (Lipinski definition) is 4. The Labute approximate surface area is 166 Å². The van der Waals surface area contributed by atoms with Gasteiger partial charge in [0.15, 0.2) is 0 Å². The number of carbonyl (C=O) groups excluding carboxylic acids is 1. The average Bonchev–Trinajstić information content (AvgIpc) is 2.66. The summed E-state index contributed by atoms with van der Waals surface area (Å²) in [6.07, 6.45) is 13.8. The average molecular weight is 389 g/mol. The van der Waals surface area contributed by atoms with Gasteiger partial charge in [-0.15, -0.1) is 0 Å². The zero-order valence-corrected chi connectivity index (χ0v) is 17.5. The van der Waals surface area contributed by atoms with Crippen LogP contribution in [0.4, 0.5) is 0 Å². The van der Waals surface area contributed by atoms with Crippen LogP contribution in [0.15, 0.2) is 0 Å². The number of hydrogen-bond acceptors (Lipinski definition) is 5. The van der Waals surface area contributed by atoms with Gasteiger partial charge in [-0.25, -0.2) is 0 Å². The van der Waals surface area contributed by atoms with E-state index in [2.05, 4.69) is 12.2 Å². The second-order valence-corrected chi connectivity index (χ2v) is 7.50. The van der Waals surface area contributed by atoms with Crippen LogP contribution in [0.1, 0.15) is 84.0 Å². The Bertz CT molecular complexity index is 329. The van der Waals surface area contributed by atoms with Gasteiger partial charge in [-0.1, -0.05) is 71.1 Å². The summed E-state index contributed by atoms with van der Waals surface area (Å²) in [4.78, 5) is 13.7. The van der Waals surface area contributed by atoms with Crippen LogP contribution in [-0.4, -0.2) is 71.6 Å². The summed E-state index contributed by atoms with van der Waals surface area (Å²) in [5.74, 6) is 0.0672. The molecule has 6 nitrogen and oxygen atoms in total. The third-order valence-corrected chi connectivity index (χ3v) is 4.85. The molecule has 0 aromatic rings. The fourth-order valence-electron chi connectivity index (χ4n) is 3.18. The van der Waals surface area contributed by atoms with Gasteiger partial charge in [0.2, 0.25) is 5.91 Å². The van der Waals surface area contributed by atoms with Crippen molar-refractivity contribution in [3.63, 3.8) is 0 Å². The molecule has 27 heavy (non-hydrogen) atoms. The number of carbonyl (C=O) groups is 1. The van der Waals surface area contributed by atoms with E-state index in [9.17, 15) is 9.90 Å². The molecule has 0 aliphatic rings. The molecule has 0 aliphatic heterocycles. The molecule has 0 rings (SSSR count). The van der Waals surface area contributed by atoms with Gasteiger partial charge in [0, 0.05) is 32.6 Å². The molecule has 162 valence electrons. The zero-order valence-electron chi connectivity index (χ0n) is 17.5. The first-order valence-corrected chi connectivity index (χ1v) is 11.0. The Hall–Kier alpha value is -0.690. The summed E-state index contributed by atoms with van der Waals surface area (Å²) in [5.41, 5.74) is 0. The van der Waals surface area contributed by atoms with Crippen molar-refractivity contribution in [2.24, 2.45) is 0 Å². The van der Waals surface area contributed by atoms with Crippen LogP contribution in [0.5, 0.6) is 0 Å². The van der Waals surface area contributed by atoms with E-state index in [1.165, 1.54) is 57.8 Å². The lowest BCUT2D eigenvalue weighted by Gasteiger charge is -2.23. The molecule has 1 amide bonds. The summed E-state index contributed by atoms with van der Waals surface area (Å²) in [6, 6.07) is 0. The van der Waals surface area contributed by atoms with Crippen LogP contribution in [-0.2, 0) is 4.79 Å². The van der Waals surface area contributed by atoms with E-state index in [4.69, 9.17) is 10.2 Å². The maximum atomic E-state index is 11.9. The number of amides is 1. The Morgan fingerprint density at radius 1 is 0.889 bits per heavy atom. The van der Waals surface area contributed by atoms with Crippen LogP contribution in [0.2, 0.25) is 0 Å². The molecule has 0 saturated heterocycles. The molecule has 6 heteroatoms. The molecule has 0 fully saturated rings. The monoisotopic (exact) mass is 388 g/mol. The van der Waals surface area contributed by atoms with Crippen LogP contribution in [0, 0.1) is 0 Å². The normalized spacial score (nSPS) is 12.5. The second kappa shape index (κ2) is 20.1. The van der Waals surface area contributed by atoms with Crippen molar-refractivity contribution in [3.05, 3.63) is 0 Å². The smallest absolute Gasteiger partial charge is 0.220 e. The maximum absolute atomic E-state index is 11.9. The van der Waals surface area contributed by atoms with Crippen LogP contribution in [0.3, 0.4) is 0 Å². The molecule has 0 bridgehead atoms. The largest absolute Gasteiger partial charge is 0.395 e. The molecule has 0 aromatic heterocycles. The zero-order chi connectivity index (χ0) is 20.2. The van der Waals surface area contributed by atoms with Crippen molar-refractivity contribution in [2.45, 2.75) is 90.1 Å². The fraction of sp³-hybridized carbons (Fsp3) is 0.952. The summed E-state index contributed by atoms with van der Waals surface area (Å²) in [6.45, 7) is 3.71. The third-order valence-electron chi connectivity index (χ3n) is 4.85. The molecule has 0 aliphatic carbocycles. The standard InChI is InChI=1S/C21H44N2O4/c1-2-3-4-5-6-7-8-9-10-11-12-13-21(27)22-14-15-23(16-17-24)18-20(26)19-25/h20,24-26H,2-19H2,1H3,(H,22,27). The van der Waals surface area contributed by atoms with Crippen molar-refractivity contribution in [2.75, 3.05) is 39.4 Å². The Balaban J connectivity index is 3.49. The predicted octanol–water partition coefficient (Wildman–Crippen LogP) is 2.45. The molecule has 4 N–H and O–H groups in total. The molecule has 0 radical (unpaired) electrons. The highest BCUT2D eigenvalue weighted by molar-refractivity contribution is 5.75. The molecule has 0 spiro atoms. The van der Waals surface area contributed by atoms with Crippen LogP contribution >= 0.6 is 0 Å². The highest BCUT2D eigenvalue weighted by atomic mass is 16.3. The van der Waals surface area contributed by atoms with E-state index in [0.29, 0.717) is 32.6 Å². The fourth-order valence-corrected chi connectivity index (χ4v) is 3.18. The van der Waals surface area contributed by atoms with Gasteiger partial charge in [-0.3, -0.25) is 9.69 Å². The number of nitrogens with zero attached hydrogens (tertiary/aromatic N) is 1. The highest BCUT2D eigenvalue weighted by Crippen LogP contribution is 2.11. The van der Waals surface area contributed by atoms with Crippen molar-refractivity contribution in [1.82, 2.24) is 10.2 Å². The lowest BCUT2D eigenvalue weighted by atomic mass is 10.1. The SMILES string of the molecule is CCCCCCCCCCCCCC(=O)NCCN(CCO)CC(O)CO. The molecule has 1 atom stereocenters. The van der Waals surface area contributed by atoms with Crippen molar-refractivity contribution in [1.29, 1.82) is 0 Å². The molecule has 1 unspecified atom stereocenters. The van der Waals surface area contributed by atoms with Gasteiger partial charge in [-0.2, -0.15) is 0 Å². The second-order valence-electron chi connectivity index (χ2n) is 7.50. The molecule has 0 saturated carbocycles. The van der Waals surface area contributed by atoms with Gasteiger partial charge in [0.25, 0.3) is 0 Å². The van der Waals surface area contributed by atoms with Crippen LogP contribution in [0.25, 0.3) is 0 Å². The van der Waals surface area contributed by atoms with Crippen molar-refractivity contribution >= 4 is 5.91 Å². The Morgan fingerprint density at radius 3 is 1.96 bits per heavy atom. The summed E-state index contributed by atoms with van der Waals surface area (Å²) in [7, 11) is 0. The number of unbranched alkanes of at least 4 members (excludes halogenated alkanes) is 10. The number of aliphatic hydroxyl groups is 3. The van der Waals surface area contributed by atoms with Gasteiger partial charge >= 0.3 is 0 Å². The lowest BCUT2D eigenvalue weighted by Crippen LogP contribution is -2.41. The Morgan fingerprint density at radius 2 is 1.44 bits per heavy atom. The first-order chi connectivity index (χ1) is 13.1. The van der Waals surface area contributed by atoms with E-state index in [1.54, 1.807) is 0 Å². The quantitative estimate of drug-likeness (QED) is 0.240. The summed E-state index contributed by atoms with van der Waals surface area (Å²) < 4.78 is 0. The van der Waals surface area contributed by atoms with Gasteiger partial charge in [0.1, 0.15) is 0 Å². The first kappa shape index (κ1) is 26.3. The molecule has 0 heterocycles. The highest BCUT2D eigenvalue weighted by Gasteiger charge is 2.10. The minimum atomic E-state index is -0.816. The van der Waals surface area contributed by atoms with Gasteiger partial charge < -0.3 is 20.6 Å². The van der Waals surface area contributed by atoms with Crippen molar-refractivity contribution in [3.8, 4) is 0 Å². The van der Waals surface area contributed by atoms with E-state index in [-0.39, 0.29) is 19.1 Å². The predicted molar refractivity (Wildman–Crippen MR) is 111 cm³/mol. The third kappa shape index (κ3) is 18.4. The van der Waals surface area contributed by atoms with E-state index < -0.39 is 6.10 Å². The lowest BCUT2D eigenvalue weighted by molar-refractivity contribution is -0.121. The number of aliphatic hydroxyl groups excluding tert-OH is 3. The van der Waals surface area contributed by atoms with Crippen LogP contribution < -0.4 is 5.32 Å². The summed E-state index contributed by atoms with van der Waals surface area (Å²) >= 11 is 0. The molecular formula is C21H44N2O4. The minimum Gasteiger partial charge on any atom is -0.395 e. The first-order valence-electron chi connectivity index (χ1n) is 11.0. The Kier molecular flexibility index (Phi) is 19.5. The topological polar surface area (TPSA) is 93.0 Å².